The number of nitrogens with one attached hydrogen (secondary N) is 2. The summed E-state index contributed by atoms with van der Waals surface area (Å²) in [6, 6.07) is 1.64. The van der Waals surface area contributed by atoms with Gasteiger partial charge in [0.2, 0.25) is 0 Å². The number of pyridine rings is 1. The van der Waals surface area contributed by atoms with Gasteiger partial charge in [-0.3, -0.25) is 4.79 Å². The summed E-state index contributed by atoms with van der Waals surface area (Å²) in [5, 5.41) is 6.11. The van der Waals surface area contributed by atoms with Gasteiger partial charge in [-0.15, -0.1) is 0 Å². The minimum atomic E-state index is -0.202. The molecule has 1 fully saturated rings. The van der Waals surface area contributed by atoms with Crippen LogP contribution in [-0.2, 0) is 4.74 Å². The third-order valence-corrected chi connectivity index (χ3v) is 3.93. The van der Waals surface area contributed by atoms with Gasteiger partial charge in [0, 0.05) is 26.9 Å². The zero-order chi connectivity index (χ0) is 13.9. The summed E-state index contributed by atoms with van der Waals surface area (Å²) < 4.78 is 5.46. The van der Waals surface area contributed by atoms with E-state index in [0.29, 0.717) is 22.9 Å². The van der Waals surface area contributed by atoms with Gasteiger partial charge in [0.1, 0.15) is 5.82 Å². The quantitative estimate of drug-likeness (QED) is 0.868. The van der Waals surface area contributed by atoms with E-state index in [1.165, 1.54) is 6.20 Å². The van der Waals surface area contributed by atoms with E-state index in [1.54, 1.807) is 20.2 Å². The lowest BCUT2D eigenvalue weighted by Crippen LogP contribution is -2.49. The minimum absolute atomic E-state index is 0.193. The highest BCUT2D eigenvalue weighted by Gasteiger charge is 2.37. The van der Waals surface area contributed by atoms with Crippen LogP contribution >= 0.6 is 11.6 Å². The van der Waals surface area contributed by atoms with Crippen molar-refractivity contribution in [1.29, 1.82) is 0 Å². The molecule has 19 heavy (non-hydrogen) atoms. The molecule has 1 aliphatic rings. The number of nitrogens with zero attached hydrogens (tertiary/aromatic N) is 1. The zero-order valence-corrected chi connectivity index (χ0v) is 11.9. The topological polar surface area (TPSA) is 63.2 Å². The third-order valence-electron chi connectivity index (χ3n) is 3.63. The number of hydrogen-bond acceptors (Lipinski definition) is 4. The van der Waals surface area contributed by atoms with E-state index in [1.807, 2.05) is 0 Å². The first kappa shape index (κ1) is 14.1. The maximum absolute atomic E-state index is 12.1. The molecule has 0 atom stereocenters. The van der Waals surface area contributed by atoms with Crippen molar-refractivity contribution in [3.63, 3.8) is 0 Å². The van der Waals surface area contributed by atoms with Crippen molar-refractivity contribution in [2.75, 3.05) is 26.0 Å². The van der Waals surface area contributed by atoms with E-state index in [9.17, 15) is 4.79 Å². The predicted molar refractivity (Wildman–Crippen MR) is 74.7 cm³/mol. The van der Waals surface area contributed by atoms with Crippen LogP contribution in [0.1, 0.15) is 29.6 Å². The molecule has 1 aromatic rings. The summed E-state index contributed by atoms with van der Waals surface area (Å²) in [5.41, 5.74) is 0.229. The maximum atomic E-state index is 12.1. The molecule has 5 nitrogen and oxygen atoms in total. The molecule has 2 rings (SSSR count). The Morgan fingerprint density at radius 2 is 2.32 bits per heavy atom. The van der Waals surface area contributed by atoms with E-state index in [-0.39, 0.29) is 11.5 Å². The van der Waals surface area contributed by atoms with Crippen LogP contribution in [0.4, 0.5) is 5.82 Å². The maximum Gasteiger partial charge on any atom is 0.253 e. The second-order valence-corrected chi connectivity index (χ2v) is 5.13. The van der Waals surface area contributed by atoms with Crippen LogP contribution < -0.4 is 10.6 Å². The summed E-state index contributed by atoms with van der Waals surface area (Å²) in [4.78, 5) is 16.2. The highest BCUT2D eigenvalue weighted by atomic mass is 35.5. The Hall–Kier alpha value is -1.33. The van der Waals surface area contributed by atoms with Crippen LogP contribution in [0.25, 0.3) is 0 Å². The Morgan fingerprint density at radius 3 is 2.84 bits per heavy atom. The van der Waals surface area contributed by atoms with Gasteiger partial charge in [-0.1, -0.05) is 11.6 Å². The number of anilines is 1. The lowest BCUT2D eigenvalue weighted by molar-refractivity contribution is -0.0679. The number of carbonyl (C=O) groups is 1. The summed E-state index contributed by atoms with van der Waals surface area (Å²) in [6.07, 6.45) is 4.58. The van der Waals surface area contributed by atoms with Crippen molar-refractivity contribution < 1.29 is 9.53 Å². The molecule has 1 saturated carbocycles. The smallest absolute Gasteiger partial charge is 0.253 e. The van der Waals surface area contributed by atoms with Gasteiger partial charge in [0.15, 0.2) is 0 Å². The zero-order valence-electron chi connectivity index (χ0n) is 11.1. The van der Waals surface area contributed by atoms with Gasteiger partial charge in [-0.2, -0.15) is 0 Å². The Kier molecular flexibility index (Phi) is 4.27. The highest BCUT2D eigenvalue weighted by molar-refractivity contribution is 6.33. The number of rotatable bonds is 5. The van der Waals surface area contributed by atoms with Gasteiger partial charge in [0.25, 0.3) is 5.91 Å². The van der Waals surface area contributed by atoms with Crippen molar-refractivity contribution in [3.05, 3.63) is 22.8 Å². The summed E-state index contributed by atoms with van der Waals surface area (Å²) >= 11 is 6.00. The van der Waals surface area contributed by atoms with Gasteiger partial charge in [-0.05, 0) is 25.3 Å². The predicted octanol–water partition coefficient (Wildman–Crippen LogP) is 2.08. The van der Waals surface area contributed by atoms with Crippen molar-refractivity contribution in [1.82, 2.24) is 10.3 Å². The lowest BCUT2D eigenvalue weighted by Gasteiger charge is -2.40. The first-order valence-electron chi connectivity index (χ1n) is 6.27. The Morgan fingerprint density at radius 1 is 1.58 bits per heavy atom. The normalized spacial score (nSPS) is 16.6. The molecule has 1 aromatic heterocycles. The minimum Gasteiger partial charge on any atom is -0.376 e. The molecule has 104 valence electrons. The number of carbonyl (C=O) groups excluding carboxylic acids is 1. The fourth-order valence-corrected chi connectivity index (χ4v) is 2.30. The molecule has 0 radical (unpaired) electrons. The first-order chi connectivity index (χ1) is 9.10. The van der Waals surface area contributed by atoms with Crippen molar-refractivity contribution in [2.45, 2.75) is 24.9 Å². The van der Waals surface area contributed by atoms with Crippen LogP contribution in [0.2, 0.25) is 5.02 Å². The molecule has 0 bridgehead atoms. The van der Waals surface area contributed by atoms with Crippen LogP contribution in [-0.4, -0.2) is 37.2 Å². The average molecular weight is 284 g/mol. The molecule has 0 aliphatic heterocycles. The van der Waals surface area contributed by atoms with Crippen LogP contribution in [0, 0.1) is 0 Å². The number of hydrogen-bond donors (Lipinski definition) is 2. The second kappa shape index (κ2) is 5.75. The molecule has 1 aliphatic carbocycles. The number of aromatic nitrogens is 1. The van der Waals surface area contributed by atoms with E-state index in [4.69, 9.17) is 16.3 Å². The third kappa shape index (κ3) is 2.98. The lowest BCUT2D eigenvalue weighted by atomic mass is 9.80. The highest BCUT2D eigenvalue weighted by Crippen LogP contribution is 2.34. The Labute approximate surface area is 117 Å². The monoisotopic (exact) mass is 283 g/mol. The standard InChI is InChI=1S/C13H18ClN3O2/c1-15-11-6-9(10(14)7-16-11)12(18)17-8-13(19-2)4-3-5-13/h6-7H,3-5,8H2,1-2H3,(H,15,16)(H,17,18). The molecular formula is C13H18ClN3O2. The summed E-state index contributed by atoms with van der Waals surface area (Å²) in [7, 11) is 3.43. The number of halogens is 1. The van der Waals surface area contributed by atoms with Crippen LogP contribution in [0.3, 0.4) is 0 Å². The first-order valence-corrected chi connectivity index (χ1v) is 6.65. The van der Waals surface area contributed by atoms with Gasteiger partial charge >= 0.3 is 0 Å². The fourth-order valence-electron chi connectivity index (χ4n) is 2.11. The van der Waals surface area contributed by atoms with E-state index >= 15 is 0 Å². The number of methoxy groups -OCH3 is 1. The summed E-state index contributed by atoms with van der Waals surface area (Å²) in [5.74, 6) is 0.409. The van der Waals surface area contributed by atoms with Gasteiger partial charge in [-0.25, -0.2) is 4.98 Å². The Balaban J connectivity index is 2.03. The van der Waals surface area contributed by atoms with Gasteiger partial charge in [0.05, 0.1) is 16.2 Å². The Bertz CT molecular complexity index is 469. The molecule has 0 unspecified atom stereocenters. The molecule has 0 saturated heterocycles. The molecule has 0 spiro atoms. The molecular weight excluding hydrogens is 266 g/mol. The molecule has 1 heterocycles. The molecule has 2 N–H and O–H groups in total. The van der Waals surface area contributed by atoms with Crippen LogP contribution in [0.5, 0.6) is 0 Å². The molecule has 6 heteroatoms. The van der Waals surface area contributed by atoms with Gasteiger partial charge < -0.3 is 15.4 Å². The second-order valence-electron chi connectivity index (χ2n) is 4.72. The van der Waals surface area contributed by atoms with E-state index < -0.39 is 0 Å². The molecule has 0 aromatic carbocycles. The van der Waals surface area contributed by atoms with Crippen molar-refractivity contribution in [2.24, 2.45) is 0 Å². The summed E-state index contributed by atoms with van der Waals surface area (Å²) in [6.45, 7) is 0.510. The average Bonchev–Trinajstić information content (AvgIpc) is 2.38. The molecule has 1 amide bonds. The largest absolute Gasteiger partial charge is 0.376 e. The fraction of sp³-hybridized carbons (Fsp3) is 0.538. The van der Waals surface area contributed by atoms with Crippen LogP contribution in [0.15, 0.2) is 12.3 Å². The number of amides is 1. The van der Waals surface area contributed by atoms with Crippen molar-refractivity contribution >= 4 is 23.3 Å². The SMILES string of the molecule is CNc1cc(C(=O)NCC2(OC)CCC2)c(Cl)cn1. The van der Waals surface area contributed by atoms with Crippen molar-refractivity contribution in [3.8, 4) is 0 Å². The van der Waals surface area contributed by atoms with E-state index in [2.05, 4.69) is 15.6 Å². The van der Waals surface area contributed by atoms with E-state index in [0.717, 1.165) is 19.3 Å². The number of ether oxygens (including phenoxy) is 1.